The van der Waals surface area contributed by atoms with Gasteiger partial charge < -0.3 is 14.8 Å². The number of ether oxygens (including phenoxy) is 2. The summed E-state index contributed by atoms with van der Waals surface area (Å²) in [6.07, 6.45) is -1.11. The summed E-state index contributed by atoms with van der Waals surface area (Å²) in [5.74, 6) is -1.02. The third-order valence-electron chi connectivity index (χ3n) is 4.53. The van der Waals surface area contributed by atoms with Gasteiger partial charge in [0.2, 0.25) is 0 Å². The fourth-order valence-electron chi connectivity index (χ4n) is 2.69. The number of thiophene rings is 1. The Bertz CT molecular complexity index is 1270. The first-order chi connectivity index (χ1) is 16.1. The zero-order valence-corrected chi connectivity index (χ0v) is 21.2. The number of halogens is 2. The molecule has 0 bridgehead atoms. The molecule has 3 aromatic rings. The minimum Gasteiger partial charge on any atom is -0.482 e. The van der Waals surface area contributed by atoms with Crippen molar-refractivity contribution in [2.45, 2.75) is 17.2 Å². The summed E-state index contributed by atoms with van der Waals surface area (Å²) in [4.78, 5) is 24.4. The lowest BCUT2D eigenvalue weighted by molar-refractivity contribution is -0.155. The van der Waals surface area contributed by atoms with Crippen LogP contribution in [0.15, 0.2) is 64.2 Å². The molecule has 1 atom stereocenters. The van der Waals surface area contributed by atoms with Crippen LogP contribution in [0, 0.1) is 0 Å². The normalized spacial score (nSPS) is 12.0. The number of rotatable bonds is 9. The van der Waals surface area contributed by atoms with E-state index in [0.29, 0.717) is 22.1 Å². The van der Waals surface area contributed by atoms with E-state index in [-0.39, 0.29) is 9.23 Å². The summed E-state index contributed by atoms with van der Waals surface area (Å²) in [6, 6.07) is 13.9. The first-order valence-corrected chi connectivity index (χ1v) is 12.9. The van der Waals surface area contributed by atoms with E-state index in [4.69, 9.17) is 32.7 Å². The molecule has 180 valence electrons. The van der Waals surface area contributed by atoms with Crippen molar-refractivity contribution in [3.05, 3.63) is 70.0 Å². The maximum absolute atomic E-state index is 12.6. The molecule has 1 amide bonds. The second kappa shape index (κ2) is 11.1. The van der Waals surface area contributed by atoms with Gasteiger partial charge in [0.25, 0.3) is 15.9 Å². The smallest absolute Gasteiger partial charge is 0.344 e. The predicted molar refractivity (Wildman–Crippen MR) is 132 cm³/mol. The van der Waals surface area contributed by atoms with Crippen LogP contribution in [-0.2, 0) is 24.3 Å². The van der Waals surface area contributed by atoms with Crippen LogP contribution in [0.1, 0.15) is 6.92 Å². The van der Waals surface area contributed by atoms with E-state index >= 15 is 0 Å². The van der Waals surface area contributed by atoms with E-state index in [2.05, 4.69) is 5.32 Å². The molecule has 0 aliphatic carbocycles. The van der Waals surface area contributed by atoms with E-state index in [9.17, 15) is 18.0 Å². The number of benzene rings is 2. The van der Waals surface area contributed by atoms with Crippen LogP contribution in [0.25, 0.3) is 0 Å². The molecule has 1 heterocycles. The molecule has 0 aliphatic rings. The first-order valence-electron chi connectivity index (χ1n) is 9.78. The summed E-state index contributed by atoms with van der Waals surface area (Å²) in [7, 11) is -2.20. The quantitative estimate of drug-likeness (QED) is 0.388. The van der Waals surface area contributed by atoms with Crippen LogP contribution < -0.4 is 14.4 Å². The van der Waals surface area contributed by atoms with Crippen molar-refractivity contribution in [2.24, 2.45) is 0 Å². The molecule has 1 N–H and O–H groups in total. The number of amides is 1. The fraction of sp³-hybridized carbons (Fsp3) is 0.182. The van der Waals surface area contributed by atoms with Crippen LogP contribution in [0.5, 0.6) is 5.75 Å². The molecular formula is C22H20Cl2N2O6S2. The van der Waals surface area contributed by atoms with E-state index < -0.39 is 34.6 Å². The highest BCUT2D eigenvalue weighted by Crippen LogP contribution is 2.27. The Kier molecular flexibility index (Phi) is 8.42. The highest BCUT2D eigenvalue weighted by Gasteiger charge is 2.22. The summed E-state index contributed by atoms with van der Waals surface area (Å²) >= 11 is 13.0. The highest BCUT2D eigenvalue weighted by atomic mass is 35.5. The van der Waals surface area contributed by atoms with Gasteiger partial charge in [-0.15, -0.1) is 11.3 Å². The van der Waals surface area contributed by atoms with Gasteiger partial charge in [-0.3, -0.25) is 9.10 Å². The van der Waals surface area contributed by atoms with Gasteiger partial charge in [-0.1, -0.05) is 29.3 Å². The summed E-state index contributed by atoms with van der Waals surface area (Å²) in [6.45, 7) is 0.961. The fourth-order valence-corrected chi connectivity index (χ4v) is 5.38. The maximum Gasteiger partial charge on any atom is 0.344 e. The highest BCUT2D eigenvalue weighted by molar-refractivity contribution is 7.94. The molecule has 0 aliphatic heterocycles. The Labute approximate surface area is 211 Å². The van der Waals surface area contributed by atoms with Gasteiger partial charge in [0.15, 0.2) is 12.7 Å². The van der Waals surface area contributed by atoms with Gasteiger partial charge in [-0.05, 0) is 60.8 Å². The number of esters is 1. The molecule has 1 aromatic heterocycles. The monoisotopic (exact) mass is 542 g/mol. The maximum atomic E-state index is 12.6. The third-order valence-corrected chi connectivity index (χ3v) is 8.25. The van der Waals surface area contributed by atoms with Crippen LogP contribution in [0.3, 0.4) is 0 Å². The Morgan fingerprint density at radius 3 is 2.47 bits per heavy atom. The summed E-state index contributed by atoms with van der Waals surface area (Å²) < 4.78 is 37.1. The molecule has 0 fully saturated rings. The molecule has 0 radical (unpaired) electrons. The molecule has 2 aromatic carbocycles. The van der Waals surface area contributed by atoms with Crippen LogP contribution in [0.4, 0.5) is 11.4 Å². The molecule has 3 rings (SSSR count). The van der Waals surface area contributed by atoms with Gasteiger partial charge in [-0.2, -0.15) is 0 Å². The average Bonchev–Trinajstić information content (AvgIpc) is 3.36. The molecule has 0 saturated heterocycles. The van der Waals surface area contributed by atoms with Gasteiger partial charge in [0.05, 0.1) is 16.4 Å². The van der Waals surface area contributed by atoms with Crippen molar-refractivity contribution < 1.29 is 27.5 Å². The SMILES string of the molecule is CC(OC(=O)COc1ccc(N(C)S(=O)(=O)c2cccs2)cc1)C(=O)Nc1cc(Cl)ccc1Cl. The Morgan fingerprint density at radius 1 is 1.12 bits per heavy atom. The molecule has 12 heteroatoms. The second-order valence-corrected chi connectivity index (χ2v) is 10.9. The van der Waals surface area contributed by atoms with Crippen molar-refractivity contribution in [3.8, 4) is 5.75 Å². The first kappa shape index (κ1) is 25.8. The predicted octanol–water partition coefficient (Wildman–Crippen LogP) is 4.83. The Balaban J connectivity index is 1.51. The zero-order valence-electron chi connectivity index (χ0n) is 18.0. The molecule has 0 saturated carbocycles. The number of nitrogens with one attached hydrogen (secondary N) is 1. The van der Waals surface area contributed by atoms with Gasteiger partial charge in [0.1, 0.15) is 9.96 Å². The Morgan fingerprint density at radius 2 is 1.82 bits per heavy atom. The van der Waals surface area contributed by atoms with E-state index in [1.54, 1.807) is 29.6 Å². The molecule has 8 nitrogen and oxygen atoms in total. The van der Waals surface area contributed by atoms with Crippen LogP contribution in [-0.4, -0.2) is 40.1 Å². The van der Waals surface area contributed by atoms with Gasteiger partial charge in [-0.25, -0.2) is 13.2 Å². The zero-order chi connectivity index (χ0) is 24.9. The van der Waals surface area contributed by atoms with Crippen molar-refractivity contribution in [1.29, 1.82) is 0 Å². The third kappa shape index (κ3) is 6.41. The Hall–Kier alpha value is -2.79. The topological polar surface area (TPSA) is 102 Å². The van der Waals surface area contributed by atoms with E-state index in [1.807, 2.05) is 0 Å². The standard InChI is InChI=1S/C22H20Cl2N2O6S2/c1-14(22(28)25-19-12-15(23)5-10-18(19)24)32-20(27)13-31-17-8-6-16(7-9-17)26(2)34(29,30)21-4-3-11-33-21/h3-12,14H,13H2,1-2H3,(H,25,28). The lowest BCUT2D eigenvalue weighted by Gasteiger charge is -2.19. The molecule has 0 spiro atoms. The van der Waals surface area contributed by atoms with Gasteiger partial charge in [0, 0.05) is 12.1 Å². The van der Waals surface area contributed by atoms with Crippen molar-refractivity contribution in [1.82, 2.24) is 0 Å². The summed E-state index contributed by atoms with van der Waals surface area (Å²) in [5, 5.41) is 4.91. The van der Waals surface area contributed by atoms with E-state index in [0.717, 1.165) is 15.6 Å². The lowest BCUT2D eigenvalue weighted by atomic mass is 10.3. The summed E-state index contributed by atoms with van der Waals surface area (Å²) in [5.41, 5.74) is 0.720. The van der Waals surface area contributed by atoms with Crippen molar-refractivity contribution in [2.75, 3.05) is 23.3 Å². The number of sulfonamides is 1. The minimum absolute atomic E-state index is 0.230. The largest absolute Gasteiger partial charge is 0.482 e. The van der Waals surface area contributed by atoms with Crippen LogP contribution in [0.2, 0.25) is 10.0 Å². The van der Waals surface area contributed by atoms with Crippen LogP contribution >= 0.6 is 34.5 Å². The lowest BCUT2D eigenvalue weighted by Crippen LogP contribution is -2.31. The number of nitrogens with zero attached hydrogens (tertiary/aromatic N) is 1. The second-order valence-electron chi connectivity index (χ2n) is 6.93. The number of carbonyl (C=O) groups excluding carboxylic acids is 2. The number of hydrogen-bond acceptors (Lipinski definition) is 7. The molecule has 1 unspecified atom stereocenters. The average molecular weight is 543 g/mol. The number of anilines is 2. The minimum atomic E-state index is -3.65. The molecular weight excluding hydrogens is 523 g/mol. The van der Waals surface area contributed by atoms with Gasteiger partial charge >= 0.3 is 5.97 Å². The van der Waals surface area contributed by atoms with Crippen molar-refractivity contribution in [3.63, 3.8) is 0 Å². The molecule has 34 heavy (non-hydrogen) atoms. The number of carbonyl (C=O) groups is 2. The number of hydrogen-bond donors (Lipinski definition) is 1. The van der Waals surface area contributed by atoms with Crippen molar-refractivity contribution >= 4 is 67.8 Å². The van der Waals surface area contributed by atoms with E-state index in [1.165, 1.54) is 44.3 Å².